The van der Waals surface area contributed by atoms with Gasteiger partial charge in [-0.1, -0.05) is 60.7 Å². The minimum absolute atomic E-state index is 0.448. The number of rotatable bonds is 6. The third-order valence-electron chi connectivity index (χ3n) is 7.62. The summed E-state index contributed by atoms with van der Waals surface area (Å²) >= 11 is 0. The lowest BCUT2D eigenvalue weighted by Crippen LogP contribution is -2.57. The lowest BCUT2D eigenvalue weighted by atomic mass is 9.71. The fourth-order valence-electron chi connectivity index (χ4n) is 5.85. The first-order chi connectivity index (χ1) is 18.7. The van der Waals surface area contributed by atoms with Gasteiger partial charge in [0.1, 0.15) is 17.4 Å². The van der Waals surface area contributed by atoms with Crippen LogP contribution in [0.25, 0.3) is 0 Å². The number of nitrogens with one attached hydrogen (secondary N) is 1. The Hall–Kier alpha value is -4.83. The van der Waals surface area contributed by atoms with Gasteiger partial charge in [0, 0.05) is 39.8 Å². The summed E-state index contributed by atoms with van der Waals surface area (Å²) in [6.07, 6.45) is 0. The van der Waals surface area contributed by atoms with Crippen LogP contribution in [0.1, 0.15) is 11.1 Å². The molecule has 4 aromatic carbocycles. The van der Waals surface area contributed by atoms with Gasteiger partial charge in [-0.15, -0.1) is 0 Å². The Morgan fingerprint density at radius 1 is 0.816 bits per heavy atom. The summed E-state index contributed by atoms with van der Waals surface area (Å²) in [4.78, 5) is 4.08. The molecule has 0 unspecified atom stereocenters. The zero-order valence-corrected chi connectivity index (χ0v) is 21.3. The van der Waals surface area contributed by atoms with E-state index in [1.807, 2.05) is 102 Å². The van der Waals surface area contributed by atoms with Crippen LogP contribution in [0, 0.1) is 17.2 Å². The van der Waals surface area contributed by atoms with Gasteiger partial charge in [-0.2, -0.15) is 10.7 Å². The van der Waals surface area contributed by atoms with Gasteiger partial charge in [-0.3, -0.25) is 0 Å². The Balaban J connectivity index is 1.69. The second-order valence-electron chi connectivity index (χ2n) is 9.42. The van der Waals surface area contributed by atoms with Gasteiger partial charge in [-0.25, -0.2) is 0 Å². The highest BCUT2D eigenvalue weighted by Crippen LogP contribution is 2.60. The fourth-order valence-corrected chi connectivity index (χ4v) is 5.85. The molecule has 7 nitrogen and oxygen atoms in total. The molecule has 2 heterocycles. The van der Waals surface area contributed by atoms with Gasteiger partial charge in [0.25, 0.3) is 11.4 Å². The van der Waals surface area contributed by atoms with Crippen molar-refractivity contribution in [1.29, 1.82) is 5.26 Å². The average molecular weight is 503 g/mol. The van der Waals surface area contributed by atoms with Crippen molar-refractivity contribution in [1.82, 2.24) is 5.43 Å². The third-order valence-corrected chi connectivity index (χ3v) is 7.62. The molecule has 0 bridgehead atoms. The number of methoxy groups -OCH3 is 2. The lowest BCUT2D eigenvalue weighted by molar-refractivity contribution is -0.570. The van der Waals surface area contributed by atoms with E-state index in [1.54, 1.807) is 14.2 Å². The van der Waals surface area contributed by atoms with Crippen molar-refractivity contribution in [2.24, 2.45) is 11.0 Å². The molecule has 1 N–H and O–H groups in total. The number of anilines is 1. The highest BCUT2D eigenvalue weighted by atomic mass is 16.5. The molecule has 0 spiro atoms. The van der Waals surface area contributed by atoms with E-state index in [0.29, 0.717) is 6.54 Å². The summed E-state index contributed by atoms with van der Waals surface area (Å²) < 4.78 is 11.0. The van der Waals surface area contributed by atoms with Crippen LogP contribution in [0.2, 0.25) is 0 Å². The molecule has 1 saturated heterocycles. The van der Waals surface area contributed by atoms with Gasteiger partial charge < -0.3 is 14.4 Å². The van der Waals surface area contributed by atoms with Gasteiger partial charge in [-0.05, 0) is 42.0 Å². The lowest BCUT2D eigenvalue weighted by Gasteiger charge is -2.39. The number of nitrogens with zero attached hydrogens (tertiary/aromatic N) is 4. The van der Waals surface area contributed by atoms with Crippen LogP contribution in [0.4, 0.5) is 11.4 Å². The molecular formula is C31H28N5O2+. The molecule has 2 aliphatic rings. The van der Waals surface area contributed by atoms with Crippen molar-refractivity contribution in [3.63, 3.8) is 0 Å². The number of hydrogen-bond donors (Lipinski definition) is 1. The van der Waals surface area contributed by atoms with E-state index in [9.17, 15) is 5.26 Å². The molecule has 4 aromatic rings. The predicted molar refractivity (Wildman–Crippen MR) is 144 cm³/mol. The van der Waals surface area contributed by atoms with E-state index < -0.39 is 17.1 Å². The van der Waals surface area contributed by atoms with Crippen molar-refractivity contribution in [2.75, 3.05) is 25.7 Å². The quantitative estimate of drug-likeness (QED) is 0.341. The number of hydrogen-bond acceptors (Lipinski definition) is 6. The first-order valence-electron chi connectivity index (χ1n) is 12.5. The monoisotopic (exact) mass is 502 g/mol. The number of fused-ring (bicyclic) bond motifs is 1. The van der Waals surface area contributed by atoms with E-state index in [1.165, 1.54) is 0 Å². The van der Waals surface area contributed by atoms with Crippen molar-refractivity contribution >= 4 is 11.4 Å². The highest BCUT2D eigenvalue weighted by molar-refractivity contribution is 5.60. The maximum absolute atomic E-state index is 10.7. The Bertz CT molecular complexity index is 1500. The molecule has 3 atom stereocenters. The molecule has 0 aliphatic carbocycles. The zero-order chi connectivity index (χ0) is 26.2. The molecule has 0 saturated carbocycles. The van der Waals surface area contributed by atoms with Gasteiger partial charge in [0.2, 0.25) is 0 Å². The molecule has 0 radical (unpaired) electrons. The number of ether oxygens (including phenoxy) is 2. The minimum atomic E-state index is -0.995. The van der Waals surface area contributed by atoms with E-state index in [-0.39, 0.29) is 0 Å². The van der Waals surface area contributed by atoms with Crippen molar-refractivity contribution in [3.8, 4) is 17.6 Å². The zero-order valence-electron chi connectivity index (χ0n) is 21.3. The number of azo groups is 1. The molecule has 38 heavy (non-hydrogen) atoms. The minimum Gasteiger partial charge on any atom is -0.497 e. The number of nitriles is 1. The Kier molecular flexibility index (Phi) is 5.73. The van der Waals surface area contributed by atoms with Crippen LogP contribution in [-0.2, 0) is 11.2 Å². The summed E-state index contributed by atoms with van der Waals surface area (Å²) in [5, 5.41) is 16.1. The smallest absolute Gasteiger partial charge is 0.265 e. The number of benzene rings is 4. The van der Waals surface area contributed by atoms with Crippen molar-refractivity contribution in [2.45, 2.75) is 11.2 Å². The number of hydrazine groups is 1. The maximum atomic E-state index is 10.7. The predicted octanol–water partition coefficient (Wildman–Crippen LogP) is 5.73. The Morgan fingerprint density at radius 3 is 1.92 bits per heavy atom. The summed E-state index contributed by atoms with van der Waals surface area (Å²) in [6, 6.07) is 38.7. The first kappa shape index (κ1) is 23.6. The fraction of sp³-hybridized carbons (Fsp3) is 0.194. The Morgan fingerprint density at radius 2 is 1.37 bits per heavy atom. The molecule has 2 aliphatic heterocycles. The van der Waals surface area contributed by atoms with Crippen LogP contribution in [-0.4, -0.2) is 25.6 Å². The van der Waals surface area contributed by atoms with E-state index in [0.717, 1.165) is 34.0 Å². The molecule has 6 rings (SSSR count). The third kappa shape index (κ3) is 3.34. The average Bonchev–Trinajstić information content (AvgIpc) is 3.49. The molecule has 0 amide bonds. The van der Waals surface area contributed by atoms with Gasteiger partial charge in [0.05, 0.1) is 20.3 Å². The van der Waals surface area contributed by atoms with Crippen LogP contribution >= 0.6 is 0 Å². The van der Waals surface area contributed by atoms with Crippen LogP contribution in [0.3, 0.4) is 0 Å². The second-order valence-corrected chi connectivity index (χ2v) is 9.42. The van der Waals surface area contributed by atoms with Crippen molar-refractivity contribution < 1.29 is 14.3 Å². The normalized spacial score (nSPS) is 23.7. The van der Waals surface area contributed by atoms with Gasteiger partial charge in [0.15, 0.2) is 5.54 Å². The summed E-state index contributed by atoms with van der Waals surface area (Å²) in [7, 11) is 3.31. The van der Waals surface area contributed by atoms with E-state index >= 15 is 0 Å². The van der Waals surface area contributed by atoms with Crippen LogP contribution in [0.5, 0.6) is 11.5 Å². The first-order valence-corrected chi connectivity index (χ1v) is 12.5. The summed E-state index contributed by atoms with van der Waals surface area (Å²) in [5.74, 6) is 1.06. The summed E-state index contributed by atoms with van der Waals surface area (Å²) in [6.45, 7) is 0.484. The Labute approximate surface area is 222 Å². The molecule has 7 heteroatoms. The highest BCUT2D eigenvalue weighted by Gasteiger charge is 2.75. The standard InChI is InChI=1S/C31H28N5O2/c1-37-28-17-13-23(14-18-28)30-25(21-32)22-35(26-9-5-3-6-10-26)31(30,24-15-19-29(38-2)20-16-24)34-36(33-30)27-11-7-4-8-12-27/h3-20,25H,22H2,1-2H3,(H,33,34)/q+1/t25-,30+,31-/m1/s1. The van der Waals surface area contributed by atoms with E-state index in [4.69, 9.17) is 14.6 Å². The molecule has 1 fully saturated rings. The SMILES string of the molecule is COc1ccc([C@]23N=[N+](c4ccccc4)N[C@@]2(c2ccc(OC)cc2)[C@H](C#N)CN3c2ccccc2)cc1. The summed E-state index contributed by atoms with van der Waals surface area (Å²) in [5.41, 5.74) is 5.58. The molecule has 188 valence electrons. The van der Waals surface area contributed by atoms with Gasteiger partial charge >= 0.3 is 0 Å². The largest absolute Gasteiger partial charge is 0.497 e. The number of para-hydroxylation sites is 2. The van der Waals surface area contributed by atoms with Crippen LogP contribution < -0.4 is 19.8 Å². The molecular weight excluding hydrogens is 474 g/mol. The topological polar surface area (TPSA) is 72.9 Å². The van der Waals surface area contributed by atoms with Crippen molar-refractivity contribution in [3.05, 3.63) is 120 Å². The maximum Gasteiger partial charge on any atom is 0.265 e. The van der Waals surface area contributed by atoms with Crippen LogP contribution in [0.15, 0.2) is 114 Å². The molecule has 0 aromatic heterocycles. The van der Waals surface area contributed by atoms with E-state index in [2.05, 4.69) is 28.5 Å². The second kappa shape index (κ2) is 9.24.